The molecule has 0 spiro atoms. The van der Waals surface area contributed by atoms with Crippen LogP contribution in [0.25, 0.3) is 0 Å². The molecule has 0 aliphatic carbocycles. The largest absolute Gasteiger partial charge is 0.354 e. The highest BCUT2D eigenvalue weighted by atomic mass is 35.5. The average molecular weight is 287 g/mol. The van der Waals surface area contributed by atoms with Gasteiger partial charge in [0, 0.05) is 18.6 Å². The predicted molar refractivity (Wildman–Crippen MR) is 77.5 cm³/mol. The van der Waals surface area contributed by atoms with E-state index in [0.29, 0.717) is 29.4 Å². The van der Waals surface area contributed by atoms with E-state index >= 15 is 0 Å². The number of hydroxylamine groups is 1. The van der Waals surface area contributed by atoms with E-state index in [0.717, 1.165) is 13.0 Å². The third-order valence-electron chi connectivity index (χ3n) is 2.15. The van der Waals surface area contributed by atoms with Crippen LogP contribution in [0.2, 0.25) is 0 Å². The number of nitrogens with zero attached hydrogens (tertiary/aromatic N) is 4. The second-order valence-corrected chi connectivity index (χ2v) is 4.29. The highest BCUT2D eigenvalue weighted by Gasteiger charge is 2.09. The summed E-state index contributed by atoms with van der Waals surface area (Å²) in [6.07, 6.45) is 0.975. The molecule has 0 fully saturated rings. The minimum atomic E-state index is 0.384. The number of rotatable bonds is 8. The molecule has 0 amide bonds. The van der Waals surface area contributed by atoms with Gasteiger partial charge in [-0.3, -0.25) is 4.84 Å². The lowest BCUT2D eigenvalue weighted by Crippen LogP contribution is -2.20. The third kappa shape index (κ3) is 5.27. The fraction of sp³-hybridized carbons (Fsp3) is 0.545. The minimum Gasteiger partial charge on any atom is -0.354 e. The van der Waals surface area contributed by atoms with Crippen molar-refractivity contribution in [3.8, 4) is 0 Å². The summed E-state index contributed by atoms with van der Waals surface area (Å²) in [4.78, 5) is 17.7. The van der Waals surface area contributed by atoms with Crippen molar-refractivity contribution in [2.45, 2.75) is 13.3 Å². The Morgan fingerprint density at radius 1 is 1.32 bits per heavy atom. The van der Waals surface area contributed by atoms with Crippen LogP contribution in [-0.4, -0.2) is 42.2 Å². The Kier molecular flexibility index (Phi) is 6.31. The summed E-state index contributed by atoms with van der Waals surface area (Å²) in [6, 6.07) is 0. The zero-order valence-electron chi connectivity index (χ0n) is 11.4. The number of anilines is 3. The summed E-state index contributed by atoms with van der Waals surface area (Å²) in [6.45, 7) is 6.82. The predicted octanol–water partition coefficient (Wildman–Crippen LogP) is 1.86. The average Bonchev–Trinajstić information content (AvgIpc) is 2.41. The minimum absolute atomic E-state index is 0.384. The van der Waals surface area contributed by atoms with E-state index in [-0.39, 0.29) is 0 Å². The molecule has 0 bridgehead atoms. The van der Waals surface area contributed by atoms with Crippen molar-refractivity contribution in [2.24, 2.45) is 0 Å². The Morgan fingerprint density at radius 2 is 1.95 bits per heavy atom. The van der Waals surface area contributed by atoms with E-state index in [1.54, 1.807) is 7.05 Å². The van der Waals surface area contributed by atoms with E-state index < -0.39 is 0 Å². The topological polar surface area (TPSA) is 75.2 Å². The molecule has 1 aromatic heterocycles. The van der Waals surface area contributed by atoms with Gasteiger partial charge in [0.1, 0.15) is 0 Å². The van der Waals surface area contributed by atoms with Gasteiger partial charge in [-0.05, 0) is 6.42 Å². The first-order valence-corrected chi connectivity index (χ1v) is 6.29. The van der Waals surface area contributed by atoms with Crippen molar-refractivity contribution >= 4 is 29.4 Å². The summed E-state index contributed by atoms with van der Waals surface area (Å²) < 4.78 is 0. The lowest BCUT2D eigenvalue weighted by molar-refractivity contribution is 0.180. The first-order valence-electron chi connectivity index (χ1n) is 5.91. The number of nitrogens with one attached hydrogen (secondary N) is 2. The molecule has 1 rings (SSSR count). The number of halogens is 1. The molecule has 0 aliphatic heterocycles. The van der Waals surface area contributed by atoms with Gasteiger partial charge in [-0.1, -0.05) is 25.1 Å². The Balaban J connectivity index is 2.91. The van der Waals surface area contributed by atoms with Crippen molar-refractivity contribution in [1.82, 2.24) is 15.0 Å². The van der Waals surface area contributed by atoms with Crippen molar-refractivity contribution in [3.63, 3.8) is 0 Å². The molecule has 106 valence electrons. The summed E-state index contributed by atoms with van der Waals surface area (Å²) in [5, 5.41) is 7.99. The summed E-state index contributed by atoms with van der Waals surface area (Å²) >= 11 is 5.70. The van der Waals surface area contributed by atoms with Gasteiger partial charge in [0.05, 0.1) is 13.7 Å². The van der Waals surface area contributed by atoms with E-state index in [1.807, 2.05) is 0 Å². The van der Waals surface area contributed by atoms with Crippen molar-refractivity contribution in [1.29, 1.82) is 0 Å². The lowest BCUT2D eigenvalue weighted by Gasteiger charge is -2.15. The Labute approximate surface area is 118 Å². The molecule has 0 radical (unpaired) electrons. The van der Waals surface area contributed by atoms with Crippen LogP contribution < -0.4 is 15.7 Å². The molecule has 0 aromatic carbocycles. The number of hydrogen-bond donors (Lipinski definition) is 2. The molecule has 19 heavy (non-hydrogen) atoms. The second-order valence-electron chi connectivity index (χ2n) is 3.76. The zero-order valence-corrected chi connectivity index (χ0v) is 12.2. The highest BCUT2D eigenvalue weighted by molar-refractivity contribution is 6.29. The molecule has 0 saturated carbocycles. The highest BCUT2D eigenvalue weighted by Crippen LogP contribution is 2.13. The molecule has 0 atom stereocenters. The molecule has 7 nitrogen and oxygen atoms in total. The third-order valence-corrected chi connectivity index (χ3v) is 2.28. The van der Waals surface area contributed by atoms with Crippen LogP contribution in [0, 0.1) is 0 Å². The number of aromatic nitrogens is 3. The van der Waals surface area contributed by atoms with Crippen LogP contribution in [0.1, 0.15) is 13.3 Å². The zero-order chi connectivity index (χ0) is 14.3. The molecule has 8 heteroatoms. The Morgan fingerprint density at radius 3 is 2.47 bits per heavy atom. The second kappa shape index (κ2) is 7.75. The van der Waals surface area contributed by atoms with E-state index in [2.05, 4.69) is 39.1 Å². The molecule has 0 unspecified atom stereocenters. The normalized spacial score (nSPS) is 10.1. The molecular weight excluding hydrogens is 268 g/mol. The van der Waals surface area contributed by atoms with Gasteiger partial charge < -0.3 is 10.6 Å². The van der Waals surface area contributed by atoms with Gasteiger partial charge in [-0.2, -0.15) is 15.0 Å². The van der Waals surface area contributed by atoms with Crippen LogP contribution in [0.15, 0.2) is 11.6 Å². The van der Waals surface area contributed by atoms with Crippen LogP contribution in [0.5, 0.6) is 0 Å². The van der Waals surface area contributed by atoms with Crippen LogP contribution >= 0.6 is 11.6 Å². The monoisotopic (exact) mass is 286 g/mol. The fourth-order valence-corrected chi connectivity index (χ4v) is 1.22. The molecule has 0 saturated heterocycles. The van der Waals surface area contributed by atoms with Gasteiger partial charge in [-0.15, -0.1) is 0 Å². The molecule has 0 aliphatic rings. The summed E-state index contributed by atoms with van der Waals surface area (Å²) in [7, 11) is 3.25. The van der Waals surface area contributed by atoms with E-state index in [4.69, 9.17) is 16.4 Å². The molecule has 2 N–H and O–H groups in total. The van der Waals surface area contributed by atoms with Crippen molar-refractivity contribution in [3.05, 3.63) is 11.6 Å². The Hall–Kier alpha value is -1.60. The van der Waals surface area contributed by atoms with Crippen LogP contribution in [-0.2, 0) is 4.84 Å². The molecular formula is C11H19ClN6O. The van der Waals surface area contributed by atoms with Gasteiger partial charge in [0.25, 0.3) is 5.95 Å². The Bertz CT molecular complexity index is 428. The smallest absolute Gasteiger partial charge is 0.256 e. The summed E-state index contributed by atoms with van der Waals surface area (Å²) in [5.74, 6) is 1.30. The van der Waals surface area contributed by atoms with Crippen molar-refractivity contribution in [2.75, 3.05) is 42.9 Å². The maximum absolute atomic E-state index is 5.70. The lowest BCUT2D eigenvalue weighted by atomic mass is 10.5. The SMILES string of the molecule is C=C(Cl)CNc1nc(NCCC)nc(N(C)OC)n1. The van der Waals surface area contributed by atoms with Gasteiger partial charge in [0.15, 0.2) is 0 Å². The maximum atomic E-state index is 5.70. The number of hydrogen-bond acceptors (Lipinski definition) is 7. The first kappa shape index (κ1) is 15.5. The van der Waals surface area contributed by atoms with Gasteiger partial charge >= 0.3 is 0 Å². The van der Waals surface area contributed by atoms with Crippen molar-refractivity contribution < 1.29 is 4.84 Å². The van der Waals surface area contributed by atoms with Crippen LogP contribution in [0.3, 0.4) is 0 Å². The van der Waals surface area contributed by atoms with Crippen LogP contribution in [0.4, 0.5) is 17.8 Å². The molecule has 1 heterocycles. The van der Waals surface area contributed by atoms with Gasteiger partial charge in [-0.25, -0.2) is 5.06 Å². The maximum Gasteiger partial charge on any atom is 0.256 e. The van der Waals surface area contributed by atoms with E-state index in [9.17, 15) is 0 Å². The fourth-order valence-electron chi connectivity index (χ4n) is 1.16. The standard InChI is InChI=1S/C11H19ClN6O/c1-5-6-13-9-15-10(14-7-8(2)12)17-11(16-9)18(3)19-4/h2,5-7H2,1,3-4H3,(H2,13,14,15,16,17). The first-order chi connectivity index (χ1) is 9.06. The summed E-state index contributed by atoms with van der Waals surface area (Å²) in [5.41, 5.74) is 0. The van der Waals surface area contributed by atoms with E-state index in [1.165, 1.54) is 12.2 Å². The molecule has 1 aromatic rings. The quantitative estimate of drug-likeness (QED) is 0.706. The van der Waals surface area contributed by atoms with Gasteiger partial charge in [0.2, 0.25) is 11.9 Å².